The molecule has 5 heteroatoms. The van der Waals surface area contributed by atoms with E-state index in [0.29, 0.717) is 11.1 Å². The largest absolute Gasteiger partial charge is 0.325 e. The van der Waals surface area contributed by atoms with Crippen molar-refractivity contribution in [2.75, 3.05) is 6.54 Å². The third-order valence-corrected chi connectivity index (χ3v) is 6.22. The zero-order chi connectivity index (χ0) is 23.0. The highest BCUT2D eigenvalue weighted by molar-refractivity contribution is 6.11. The molecule has 0 bridgehead atoms. The molecule has 33 heavy (non-hydrogen) atoms. The van der Waals surface area contributed by atoms with Gasteiger partial charge in [-0.3, -0.25) is 14.5 Å². The number of rotatable bonds is 5. The first-order valence-corrected chi connectivity index (χ1v) is 10.8. The average Bonchev–Trinajstić information content (AvgIpc) is 3.08. The molecule has 3 amide bonds. The van der Waals surface area contributed by atoms with E-state index in [1.54, 1.807) is 19.1 Å². The maximum atomic E-state index is 13.3. The molecule has 4 aromatic rings. The fraction of sp³-hybridized carbons (Fsp3) is 0.107. The fourth-order valence-corrected chi connectivity index (χ4v) is 4.25. The Bertz CT molecular complexity index is 1380. The number of carbonyl (C=O) groups is 3. The first-order valence-electron chi connectivity index (χ1n) is 10.8. The van der Waals surface area contributed by atoms with Gasteiger partial charge in [-0.15, -0.1) is 0 Å². The molecule has 4 aromatic carbocycles. The summed E-state index contributed by atoms with van der Waals surface area (Å²) in [6, 6.07) is 30.0. The van der Waals surface area contributed by atoms with Crippen LogP contribution in [-0.4, -0.2) is 29.2 Å². The van der Waals surface area contributed by atoms with Gasteiger partial charge in [-0.1, -0.05) is 91.0 Å². The molecular weight excluding hydrogens is 412 g/mol. The summed E-state index contributed by atoms with van der Waals surface area (Å²) in [5.74, 6) is -0.724. The van der Waals surface area contributed by atoms with Gasteiger partial charge < -0.3 is 5.32 Å². The Morgan fingerprint density at radius 1 is 0.788 bits per heavy atom. The van der Waals surface area contributed by atoms with Gasteiger partial charge in [0.05, 0.1) is 6.54 Å². The predicted molar refractivity (Wildman–Crippen MR) is 128 cm³/mol. The second kappa shape index (κ2) is 8.02. The molecule has 1 fully saturated rings. The summed E-state index contributed by atoms with van der Waals surface area (Å²) >= 11 is 0. The Kier molecular flexibility index (Phi) is 5.02. The standard InChI is InChI=1S/C28H22N2O3/c1-28(24-16-15-20-9-5-6-10-23(20)17-24)26(32)30(27(33)29-28)18-25(31)22-13-11-21(12-14-22)19-7-3-2-4-8-19/h2-17H,18H2,1H3,(H,29,33)/t28-/m1/s1. The molecule has 1 N–H and O–H groups in total. The minimum atomic E-state index is -1.22. The quantitative estimate of drug-likeness (QED) is 0.349. The van der Waals surface area contributed by atoms with Crippen LogP contribution >= 0.6 is 0 Å². The highest BCUT2D eigenvalue weighted by Gasteiger charge is 2.49. The number of hydrogen-bond acceptors (Lipinski definition) is 3. The number of Topliss-reactive ketones (excluding diaryl/α,β-unsaturated/α-hetero) is 1. The van der Waals surface area contributed by atoms with Crippen LogP contribution in [0.15, 0.2) is 97.1 Å². The van der Waals surface area contributed by atoms with Gasteiger partial charge in [0.2, 0.25) is 0 Å². The molecule has 0 saturated carbocycles. The maximum Gasteiger partial charge on any atom is 0.325 e. The van der Waals surface area contributed by atoms with Crippen molar-refractivity contribution in [1.29, 1.82) is 0 Å². The van der Waals surface area contributed by atoms with E-state index in [4.69, 9.17) is 0 Å². The van der Waals surface area contributed by atoms with Gasteiger partial charge >= 0.3 is 6.03 Å². The van der Waals surface area contributed by atoms with Crippen LogP contribution < -0.4 is 5.32 Å². The molecule has 0 spiro atoms. The van der Waals surface area contributed by atoms with E-state index in [2.05, 4.69) is 5.32 Å². The van der Waals surface area contributed by atoms with Gasteiger partial charge in [-0.25, -0.2) is 4.79 Å². The molecule has 162 valence electrons. The number of ketones is 1. The number of nitrogens with zero attached hydrogens (tertiary/aromatic N) is 1. The minimum absolute atomic E-state index is 0.291. The predicted octanol–water partition coefficient (Wildman–Crippen LogP) is 5.16. The summed E-state index contributed by atoms with van der Waals surface area (Å²) in [6.45, 7) is 1.37. The lowest BCUT2D eigenvalue weighted by atomic mass is 9.90. The van der Waals surface area contributed by atoms with Crippen molar-refractivity contribution in [3.05, 3.63) is 108 Å². The third kappa shape index (κ3) is 3.68. The van der Waals surface area contributed by atoms with Crippen molar-refractivity contribution in [3.8, 4) is 11.1 Å². The lowest BCUT2D eigenvalue weighted by Crippen LogP contribution is -2.41. The number of urea groups is 1. The zero-order valence-electron chi connectivity index (χ0n) is 18.1. The van der Waals surface area contributed by atoms with Crippen LogP contribution in [0, 0.1) is 0 Å². The van der Waals surface area contributed by atoms with Gasteiger partial charge in [-0.05, 0) is 40.5 Å². The molecule has 0 aromatic heterocycles. The minimum Gasteiger partial charge on any atom is -0.319 e. The molecule has 0 radical (unpaired) electrons. The number of benzene rings is 4. The SMILES string of the molecule is C[C@]1(c2ccc3ccccc3c2)NC(=O)N(CC(=O)c2ccc(-c3ccccc3)cc2)C1=O. The topological polar surface area (TPSA) is 66.5 Å². The molecule has 5 nitrogen and oxygen atoms in total. The van der Waals surface area contributed by atoms with E-state index < -0.39 is 17.5 Å². The van der Waals surface area contributed by atoms with Crippen LogP contribution in [-0.2, 0) is 10.3 Å². The molecule has 0 aliphatic carbocycles. The Morgan fingerprint density at radius 2 is 1.42 bits per heavy atom. The van der Waals surface area contributed by atoms with Crippen molar-refractivity contribution in [2.24, 2.45) is 0 Å². The summed E-state index contributed by atoms with van der Waals surface area (Å²) in [4.78, 5) is 39.8. The highest BCUT2D eigenvalue weighted by Crippen LogP contribution is 2.31. The molecular formula is C28H22N2O3. The van der Waals surface area contributed by atoms with E-state index in [-0.39, 0.29) is 12.3 Å². The van der Waals surface area contributed by atoms with Gasteiger partial charge in [0, 0.05) is 5.56 Å². The molecule has 1 aliphatic heterocycles. The molecule has 5 rings (SSSR count). The molecule has 1 saturated heterocycles. The van der Waals surface area contributed by atoms with Gasteiger partial charge in [-0.2, -0.15) is 0 Å². The first-order chi connectivity index (χ1) is 16.0. The summed E-state index contributed by atoms with van der Waals surface area (Å²) in [5.41, 5.74) is 1.96. The lowest BCUT2D eigenvalue weighted by Gasteiger charge is -2.22. The Morgan fingerprint density at radius 3 is 2.15 bits per heavy atom. The van der Waals surface area contributed by atoms with Crippen LogP contribution in [0.5, 0.6) is 0 Å². The van der Waals surface area contributed by atoms with Crippen molar-refractivity contribution < 1.29 is 14.4 Å². The normalized spacial score (nSPS) is 17.9. The third-order valence-electron chi connectivity index (χ3n) is 6.22. The van der Waals surface area contributed by atoms with Crippen molar-refractivity contribution in [1.82, 2.24) is 10.2 Å². The number of nitrogens with one attached hydrogen (secondary N) is 1. The number of imide groups is 1. The summed E-state index contributed by atoms with van der Waals surface area (Å²) in [6.07, 6.45) is 0. The Hall–Kier alpha value is -4.25. The zero-order valence-corrected chi connectivity index (χ0v) is 18.1. The summed E-state index contributed by atoms with van der Waals surface area (Å²) in [5, 5.41) is 4.81. The smallest absolute Gasteiger partial charge is 0.319 e. The molecule has 1 aliphatic rings. The van der Waals surface area contributed by atoms with Crippen molar-refractivity contribution in [3.63, 3.8) is 0 Å². The number of fused-ring (bicyclic) bond motifs is 1. The second-order valence-corrected chi connectivity index (χ2v) is 8.37. The van der Waals surface area contributed by atoms with Crippen molar-refractivity contribution in [2.45, 2.75) is 12.5 Å². The van der Waals surface area contributed by atoms with Crippen LogP contribution in [0.1, 0.15) is 22.8 Å². The van der Waals surface area contributed by atoms with Crippen LogP contribution in [0.3, 0.4) is 0 Å². The van der Waals surface area contributed by atoms with Crippen molar-refractivity contribution >= 4 is 28.5 Å². The number of hydrogen-bond donors (Lipinski definition) is 1. The fourth-order valence-electron chi connectivity index (χ4n) is 4.25. The second-order valence-electron chi connectivity index (χ2n) is 8.37. The lowest BCUT2D eigenvalue weighted by molar-refractivity contribution is -0.130. The maximum absolute atomic E-state index is 13.3. The first kappa shape index (κ1) is 20.6. The number of carbonyl (C=O) groups excluding carboxylic acids is 3. The van der Waals surface area contributed by atoms with Gasteiger partial charge in [0.25, 0.3) is 5.91 Å². The van der Waals surface area contributed by atoms with Crippen LogP contribution in [0.2, 0.25) is 0 Å². The Balaban J connectivity index is 1.36. The summed E-state index contributed by atoms with van der Waals surface area (Å²) in [7, 11) is 0. The molecule has 0 unspecified atom stereocenters. The monoisotopic (exact) mass is 434 g/mol. The van der Waals surface area contributed by atoms with Gasteiger partial charge in [0.1, 0.15) is 5.54 Å². The van der Waals surface area contributed by atoms with E-state index >= 15 is 0 Å². The van der Waals surface area contributed by atoms with E-state index in [9.17, 15) is 14.4 Å². The molecule has 1 heterocycles. The van der Waals surface area contributed by atoms with E-state index in [1.807, 2.05) is 84.9 Å². The van der Waals surface area contributed by atoms with Crippen LogP contribution in [0.25, 0.3) is 21.9 Å². The van der Waals surface area contributed by atoms with Crippen LogP contribution in [0.4, 0.5) is 4.79 Å². The number of amides is 3. The summed E-state index contributed by atoms with van der Waals surface area (Å²) < 4.78 is 0. The highest BCUT2D eigenvalue weighted by atomic mass is 16.2. The molecule has 1 atom stereocenters. The average molecular weight is 434 g/mol. The van der Waals surface area contributed by atoms with Gasteiger partial charge in [0.15, 0.2) is 5.78 Å². The Labute approximate surface area is 191 Å². The van der Waals surface area contributed by atoms with E-state index in [0.717, 1.165) is 26.8 Å². The van der Waals surface area contributed by atoms with E-state index in [1.165, 1.54) is 0 Å².